The lowest BCUT2D eigenvalue weighted by Crippen LogP contribution is -2.25. The van der Waals surface area contributed by atoms with Gasteiger partial charge in [-0.1, -0.05) is 13.8 Å². The monoisotopic (exact) mass is 219 g/mol. The van der Waals surface area contributed by atoms with Crippen LogP contribution in [-0.4, -0.2) is 14.8 Å². The van der Waals surface area contributed by atoms with Gasteiger partial charge in [0.15, 0.2) is 0 Å². The van der Waals surface area contributed by atoms with Crippen molar-refractivity contribution in [3.8, 4) is 0 Å². The third-order valence-electron chi connectivity index (χ3n) is 3.95. The van der Waals surface area contributed by atoms with Crippen LogP contribution in [0.5, 0.6) is 0 Å². The largest absolute Gasteiger partial charge is 0.314 e. The molecular weight excluding hydrogens is 198 g/mol. The van der Waals surface area contributed by atoms with Gasteiger partial charge in [0, 0.05) is 12.0 Å². The van der Waals surface area contributed by atoms with Crippen LogP contribution in [0, 0.1) is 11.8 Å². The van der Waals surface area contributed by atoms with Crippen LogP contribution in [0.4, 0.5) is 0 Å². The first kappa shape index (κ1) is 10.3. The van der Waals surface area contributed by atoms with Crippen molar-refractivity contribution < 1.29 is 0 Å². The Morgan fingerprint density at radius 1 is 1.38 bits per heavy atom. The number of rotatable bonds is 4. The molecule has 1 aromatic rings. The van der Waals surface area contributed by atoms with E-state index in [1.807, 2.05) is 6.33 Å². The molecule has 2 saturated carbocycles. The van der Waals surface area contributed by atoms with Crippen LogP contribution >= 0.6 is 0 Å². The summed E-state index contributed by atoms with van der Waals surface area (Å²) in [6, 6.07) is 0.731. The molecule has 0 N–H and O–H groups in total. The van der Waals surface area contributed by atoms with Gasteiger partial charge >= 0.3 is 0 Å². The lowest BCUT2D eigenvalue weighted by molar-refractivity contribution is 0.212. The topological polar surface area (TPSA) is 30.7 Å². The molecule has 1 heterocycles. The second-order valence-electron chi connectivity index (χ2n) is 5.99. The van der Waals surface area contributed by atoms with E-state index >= 15 is 0 Å². The third kappa shape index (κ3) is 1.87. The Morgan fingerprint density at radius 3 is 2.75 bits per heavy atom. The van der Waals surface area contributed by atoms with Crippen LogP contribution in [0.15, 0.2) is 6.33 Å². The van der Waals surface area contributed by atoms with Crippen molar-refractivity contribution in [1.82, 2.24) is 14.8 Å². The summed E-state index contributed by atoms with van der Waals surface area (Å²) >= 11 is 0. The van der Waals surface area contributed by atoms with Gasteiger partial charge in [0.1, 0.15) is 12.2 Å². The highest BCUT2D eigenvalue weighted by molar-refractivity contribution is 5.06. The summed E-state index contributed by atoms with van der Waals surface area (Å²) < 4.78 is 2.33. The molecule has 0 aromatic carbocycles. The maximum Gasteiger partial charge on any atom is 0.136 e. The van der Waals surface area contributed by atoms with Gasteiger partial charge in [0.2, 0.25) is 0 Å². The lowest BCUT2D eigenvalue weighted by Gasteiger charge is -2.35. The van der Waals surface area contributed by atoms with Crippen LogP contribution < -0.4 is 0 Å². The van der Waals surface area contributed by atoms with Crippen LogP contribution in [0.1, 0.15) is 63.7 Å². The Kier molecular flexibility index (Phi) is 2.49. The Hall–Kier alpha value is -0.860. The molecule has 0 saturated heterocycles. The Labute approximate surface area is 97.3 Å². The fourth-order valence-electron chi connectivity index (χ4n) is 2.98. The number of aromatic nitrogens is 3. The van der Waals surface area contributed by atoms with Gasteiger partial charge in [0.05, 0.1) is 0 Å². The molecule has 0 aliphatic heterocycles. The molecule has 0 unspecified atom stereocenters. The van der Waals surface area contributed by atoms with Crippen LogP contribution in [0.2, 0.25) is 0 Å². The minimum absolute atomic E-state index is 0.701. The zero-order chi connectivity index (χ0) is 11.1. The molecule has 2 fully saturated rings. The first-order chi connectivity index (χ1) is 7.74. The van der Waals surface area contributed by atoms with Gasteiger partial charge in [-0.2, -0.15) is 0 Å². The summed E-state index contributed by atoms with van der Waals surface area (Å²) in [4.78, 5) is 0. The molecule has 88 valence electrons. The summed E-state index contributed by atoms with van der Waals surface area (Å²) in [5.74, 6) is 3.75. The quantitative estimate of drug-likeness (QED) is 0.778. The van der Waals surface area contributed by atoms with Crippen molar-refractivity contribution >= 4 is 0 Å². The van der Waals surface area contributed by atoms with Gasteiger partial charge in [-0.3, -0.25) is 0 Å². The van der Waals surface area contributed by atoms with Gasteiger partial charge in [-0.05, 0) is 43.9 Å². The second-order valence-corrected chi connectivity index (χ2v) is 5.99. The molecule has 16 heavy (non-hydrogen) atoms. The van der Waals surface area contributed by atoms with Gasteiger partial charge in [-0.15, -0.1) is 10.2 Å². The maximum atomic E-state index is 4.33. The standard InChI is InChI=1S/C13H21N3/c1-9(2)5-10-6-11(7-10)13-15-14-8-16(13)12-3-4-12/h8-12H,3-7H2,1-2H3/t10-,11+. The van der Waals surface area contributed by atoms with Crippen molar-refractivity contribution in [2.45, 2.75) is 57.9 Å². The first-order valence-corrected chi connectivity index (χ1v) is 6.63. The Morgan fingerprint density at radius 2 is 2.12 bits per heavy atom. The van der Waals surface area contributed by atoms with Gasteiger partial charge < -0.3 is 4.57 Å². The zero-order valence-electron chi connectivity index (χ0n) is 10.3. The fraction of sp³-hybridized carbons (Fsp3) is 0.846. The summed E-state index contributed by atoms with van der Waals surface area (Å²) in [5, 5.41) is 8.41. The van der Waals surface area contributed by atoms with Crippen molar-refractivity contribution in [3.63, 3.8) is 0 Å². The summed E-state index contributed by atoms with van der Waals surface area (Å²) in [5.41, 5.74) is 0. The van der Waals surface area contributed by atoms with E-state index < -0.39 is 0 Å². The number of hydrogen-bond acceptors (Lipinski definition) is 2. The van der Waals surface area contributed by atoms with Gasteiger partial charge in [0.25, 0.3) is 0 Å². The predicted molar refractivity (Wildman–Crippen MR) is 63.2 cm³/mol. The van der Waals surface area contributed by atoms with Crippen molar-refractivity contribution in [1.29, 1.82) is 0 Å². The zero-order valence-corrected chi connectivity index (χ0v) is 10.3. The normalized spacial score (nSPS) is 29.4. The average molecular weight is 219 g/mol. The molecule has 0 atom stereocenters. The van der Waals surface area contributed by atoms with E-state index in [2.05, 4.69) is 28.6 Å². The van der Waals surface area contributed by atoms with E-state index in [9.17, 15) is 0 Å². The molecule has 2 aliphatic rings. The molecule has 0 radical (unpaired) electrons. The van der Waals surface area contributed by atoms with E-state index in [0.717, 1.165) is 17.9 Å². The van der Waals surface area contributed by atoms with Crippen molar-refractivity contribution in [3.05, 3.63) is 12.2 Å². The van der Waals surface area contributed by atoms with Gasteiger partial charge in [-0.25, -0.2) is 0 Å². The highest BCUT2D eigenvalue weighted by Gasteiger charge is 2.36. The van der Waals surface area contributed by atoms with E-state index in [4.69, 9.17) is 0 Å². The molecule has 2 aliphatic carbocycles. The van der Waals surface area contributed by atoms with Crippen LogP contribution in [0.3, 0.4) is 0 Å². The van der Waals surface area contributed by atoms with E-state index in [1.165, 1.54) is 37.9 Å². The second kappa shape index (κ2) is 3.86. The van der Waals surface area contributed by atoms with E-state index in [1.54, 1.807) is 0 Å². The number of nitrogens with zero attached hydrogens (tertiary/aromatic N) is 3. The molecule has 3 nitrogen and oxygen atoms in total. The van der Waals surface area contributed by atoms with E-state index in [-0.39, 0.29) is 0 Å². The number of hydrogen-bond donors (Lipinski definition) is 0. The minimum Gasteiger partial charge on any atom is -0.314 e. The van der Waals surface area contributed by atoms with E-state index in [0.29, 0.717) is 5.92 Å². The SMILES string of the molecule is CC(C)C[C@H]1C[C@@H](c2nncn2C2CC2)C1. The Balaban J connectivity index is 1.61. The van der Waals surface area contributed by atoms with Crippen molar-refractivity contribution in [2.75, 3.05) is 0 Å². The fourth-order valence-corrected chi connectivity index (χ4v) is 2.98. The summed E-state index contributed by atoms with van der Waals surface area (Å²) in [6.45, 7) is 4.64. The lowest BCUT2D eigenvalue weighted by atomic mass is 9.71. The van der Waals surface area contributed by atoms with Crippen LogP contribution in [-0.2, 0) is 0 Å². The maximum absolute atomic E-state index is 4.33. The smallest absolute Gasteiger partial charge is 0.136 e. The molecule has 0 spiro atoms. The van der Waals surface area contributed by atoms with Crippen LogP contribution in [0.25, 0.3) is 0 Å². The molecular formula is C13H21N3. The molecule has 3 heteroatoms. The average Bonchev–Trinajstić information content (AvgIpc) is 2.90. The molecule has 0 amide bonds. The summed E-state index contributed by atoms with van der Waals surface area (Å²) in [7, 11) is 0. The molecule has 3 rings (SSSR count). The predicted octanol–water partition coefficient (Wildman–Crippen LogP) is 3.15. The highest BCUT2D eigenvalue weighted by atomic mass is 15.3. The highest BCUT2D eigenvalue weighted by Crippen LogP contribution is 2.46. The Bertz CT molecular complexity index is 359. The van der Waals surface area contributed by atoms with Crippen molar-refractivity contribution in [2.24, 2.45) is 11.8 Å². The molecule has 0 bridgehead atoms. The third-order valence-corrected chi connectivity index (χ3v) is 3.95. The minimum atomic E-state index is 0.701. The first-order valence-electron chi connectivity index (χ1n) is 6.63. The molecule has 1 aromatic heterocycles. The summed E-state index contributed by atoms with van der Waals surface area (Å²) in [6.07, 6.45) is 8.64.